The van der Waals surface area contributed by atoms with E-state index in [-0.39, 0.29) is 11.8 Å². The summed E-state index contributed by atoms with van der Waals surface area (Å²) in [6.45, 7) is 4.09. The Morgan fingerprint density at radius 3 is 2.84 bits per heavy atom. The number of nitrogens with zero attached hydrogens (tertiary/aromatic N) is 1. The Bertz CT molecular complexity index is 398. The van der Waals surface area contributed by atoms with Gasteiger partial charge in [0.25, 0.3) is 0 Å². The summed E-state index contributed by atoms with van der Waals surface area (Å²) >= 11 is 5.62. The van der Waals surface area contributed by atoms with Crippen molar-refractivity contribution < 1.29 is 14.3 Å². The maximum Gasteiger partial charge on any atom is 0.237 e. The van der Waals surface area contributed by atoms with Crippen molar-refractivity contribution in [2.75, 3.05) is 32.7 Å². The molecule has 0 N–H and O–H groups in total. The fraction of sp³-hybridized carbons (Fsp3) is 0.500. The van der Waals surface area contributed by atoms with Crippen LogP contribution < -0.4 is 4.74 Å². The van der Waals surface area contributed by atoms with E-state index in [0.29, 0.717) is 26.3 Å². The summed E-state index contributed by atoms with van der Waals surface area (Å²) in [5, 5.41) is 0. The van der Waals surface area contributed by atoms with Gasteiger partial charge in [-0.05, 0) is 24.6 Å². The number of carbonyl (C=O) groups is 1. The van der Waals surface area contributed by atoms with Crippen LogP contribution in [-0.2, 0) is 16.1 Å². The van der Waals surface area contributed by atoms with E-state index in [9.17, 15) is 4.79 Å². The van der Waals surface area contributed by atoms with Crippen LogP contribution in [0.5, 0.6) is 5.75 Å². The molecule has 4 nitrogen and oxygen atoms in total. The van der Waals surface area contributed by atoms with E-state index in [0.717, 1.165) is 11.3 Å². The molecule has 0 aliphatic rings. The molecule has 1 aromatic rings. The van der Waals surface area contributed by atoms with Gasteiger partial charge < -0.3 is 14.4 Å². The number of alkyl halides is 1. The van der Waals surface area contributed by atoms with Crippen LogP contribution in [0.15, 0.2) is 24.3 Å². The lowest BCUT2D eigenvalue weighted by Crippen LogP contribution is -2.34. The number of hydrogen-bond donors (Lipinski definition) is 0. The molecule has 1 rings (SSSR count). The van der Waals surface area contributed by atoms with E-state index in [4.69, 9.17) is 21.1 Å². The van der Waals surface area contributed by atoms with E-state index >= 15 is 0 Å². The lowest BCUT2D eigenvalue weighted by Gasteiger charge is -2.21. The summed E-state index contributed by atoms with van der Waals surface area (Å²) in [4.78, 5) is 13.4. The third kappa shape index (κ3) is 5.49. The second-order valence-electron chi connectivity index (χ2n) is 4.02. The Balaban J connectivity index is 2.71. The maximum absolute atomic E-state index is 11.7. The van der Waals surface area contributed by atoms with Crippen molar-refractivity contribution in [3.63, 3.8) is 0 Å². The average Bonchev–Trinajstić information content (AvgIpc) is 2.43. The van der Waals surface area contributed by atoms with E-state index in [1.54, 1.807) is 12.0 Å². The number of methoxy groups -OCH3 is 1. The first kappa shape index (κ1) is 15.8. The predicted octanol–water partition coefficient (Wildman–Crippen LogP) is 2.30. The summed E-state index contributed by atoms with van der Waals surface area (Å²) in [6, 6.07) is 7.71. The van der Waals surface area contributed by atoms with Gasteiger partial charge in [-0.2, -0.15) is 0 Å². The third-order valence-corrected chi connectivity index (χ3v) is 2.84. The smallest absolute Gasteiger partial charge is 0.237 e. The predicted molar refractivity (Wildman–Crippen MR) is 75.6 cm³/mol. The van der Waals surface area contributed by atoms with Gasteiger partial charge in [0.1, 0.15) is 11.6 Å². The molecule has 1 aromatic carbocycles. The quantitative estimate of drug-likeness (QED) is 0.688. The minimum Gasteiger partial charge on any atom is -0.494 e. The number of hydrogen-bond acceptors (Lipinski definition) is 3. The SMILES string of the molecule is CCOc1cccc(CN(CCOC)C(=O)CCl)c1. The van der Waals surface area contributed by atoms with Gasteiger partial charge in [-0.15, -0.1) is 11.6 Å². The molecule has 106 valence electrons. The van der Waals surface area contributed by atoms with Crippen molar-refractivity contribution in [3.05, 3.63) is 29.8 Å². The summed E-state index contributed by atoms with van der Waals surface area (Å²) in [6.07, 6.45) is 0. The zero-order chi connectivity index (χ0) is 14.1. The molecule has 1 amide bonds. The van der Waals surface area contributed by atoms with Gasteiger partial charge in [0, 0.05) is 20.2 Å². The van der Waals surface area contributed by atoms with Crippen molar-refractivity contribution in [3.8, 4) is 5.75 Å². The molecular weight excluding hydrogens is 266 g/mol. The van der Waals surface area contributed by atoms with Crippen LogP contribution in [0.3, 0.4) is 0 Å². The van der Waals surface area contributed by atoms with E-state index in [2.05, 4.69) is 0 Å². The van der Waals surface area contributed by atoms with E-state index in [1.807, 2.05) is 31.2 Å². The lowest BCUT2D eigenvalue weighted by molar-refractivity contribution is -0.129. The highest BCUT2D eigenvalue weighted by Gasteiger charge is 2.12. The highest BCUT2D eigenvalue weighted by atomic mass is 35.5. The molecule has 0 aliphatic heterocycles. The van der Waals surface area contributed by atoms with Crippen molar-refractivity contribution >= 4 is 17.5 Å². The van der Waals surface area contributed by atoms with Gasteiger partial charge in [0.2, 0.25) is 5.91 Å². The first-order valence-corrected chi connectivity index (χ1v) is 6.79. The number of rotatable bonds is 8. The highest BCUT2D eigenvalue weighted by molar-refractivity contribution is 6.27. The third-order valence-electron chi connectivity index (χ3n) is 2.62. The van der Waals surface area contributed by atoms with Crippen LogP contribution in [0, 0.1) is 0 Å². The van der Waals surface area contributed by atoms with Crippen molar-refractivity contribution in [2.45, 2.75) is 13.5 Å². The Hall–Kier alpha value is -1.26. The fourth-order valence-electron chi connectivity index (χ4n) is 1.70. The molecule has 0 saturated heterocycles. The molecule has 0 spiro atoms. The Kier molecular flexibility index (Phi) is 7.30. The number of carbonyl (C=O) groups excluding carboxylic acids is 1. The van der Waals surface area contributed by atoms with Gasteiger partial charge in [-0.25, -0.2) is 0 Å². The van der Waals surface area contributed by atoms with Crippen LogP contribution in [-0.4, -0.2) is 43.6 Å². The number of benzene rings is 1. The molecular formula is C14H20ClNO3. The first-order chi connectivity index (χ1) is 9.21. The molecule has 0 radical (unpaired) electrons. The summed E-state index contributed by atoms with van der Waals surface area (Å²) in [7, 11) is 1.61. The second-order valence-corrected chi connectivity index (χ2v) is 4.29. The summed E-state index contributed by atoms with van der Waals surface area (Å²) in [5.74, 6) is 0.694. The molecule has 0 fully saturated rings. The van der Waals surface area contributed by atoms with Crippen LogP contribution in [0.1, 0.15) is 12.5 Å². The topological polar surface area (TPSA) is 38.8 Å². The van der Waals surface area contributed by atoms with Crippen LogP contribution in [0.25, 0.3) is 0 Å². The Morgan fingerprint density at radius 1 is 1.42 bits per heavy atom. The fourth-order valence-corrected chi connectivity index (χ4v) is 1.87. The van der Waals surface area contributed by atoms with E-state index in [1.165, 1.54) is 0 Å². The molecule has 0 unspecified atom stereocenters. The average molecular weight is 286 g/mol. The highest BCUT2D eigenvalue weighted by Crippen LogP contribution is 2.15. The van der Waals surface area contributed by atoms with Crippen LogP contribution in [0.2, 0.25) is 0 Å². The molecule has 0 saturated carbocycles. The zero-order valence-electron chi connectivity index (χ0n) is 11.4. The minimum atomic E-state index is -0.0967. The molecule has 5 heteroatoms. The largest absolute Gasteiger partial charge is 0.494 e. The van der Waals surface area contributed by atoms with E-state index < -0.39 is 0 Å². The summed E-state index contributed by atoms with van der Waals surface area (Å²) < 4.78 is 10.4. The normalized spacial score (nSPS) is 10.3. The Morgan fingerprint density at radius 2 is 2.21 bits per heavy atom. The molecule has 0 aromatic heterocycles. The molecule has 0 bridgehead atoms. The molecule has 0 atom stereocenters. The first-order valence-electron chi connectivity index (χ1n) is 6.25. The number of ether oxygens (including phenoxy) is 2. The monoisotopic (exact) mass is 285 g/mol. The van der Waals surface area contributed by atoms with Crippen molar-refractivity contribution in [1.82, 2.24) is 4.90 Å². The van der Waals surface area contributed by atoms with Crippen LogP contribution >= 0.6 is 11.6 Å². The number of halogens is 1. The zero-order valence-corrected chi connectivity index (χ0v) is 12.2. The van der Waals surface area contributed by atoms with Crippen LogP contribution in [0.4, 0.5) is 0 Å². The minimum absolute atomic E-state index is 0.0190. The van der Waals surface area contributed by atoms with Crippen molar-refractivity contribution in [2.24, 2.45) is 0 Å². The standard InChI is InChI=1S/C14H20ClNO3/c1-3-19-13-6-4-5-12(9-13)11-16(7-8-18-2)14(17)10-15/h4-6,9H,3,7-8,10-11H2,1-2H3. The number of amides is 1. The van der Waals surface area contributed by atoms with Gasteiger partial charge >= 0.3 is 0 Å². The summed E-state index contributed by atoms with van der Waals surface area (Å²) in [5.41, 5.74) is 1.01. The molecule has 0 heterocycles. The molecule has 0 aliphatic carbocycles. The maximum atomic E-state index is 11.7. The van der Waals surface area contributed by atoms with Gasteiger partial charge in [0.05, 0.1) is 13.2 Å². The van der Waals surface area contributed by atoms with Gasteiger partial charge in [0.15, 0.2) is 0 Å². The van der Waals surface area contributed by atoms with Crippen molar-refractivity contribution in [1.29, 1.82) is 0 Å². The second kappa shape index (κ2) is 8.77. The van der Waals surface area contributed by atoms with Gasteiger partial charge in [-0.3, -0.25) is 4.79 Å². The van der Waals surface area contributed by atoms with Gasteiger partial charge in [-0.1, -0.05) is 12.1 Å². The Labute approximate surface area is 119 Å². The molecule has 19 heavy (non-hydrogen) atoms. The lowest BCUT2D eigenvalue weighted by atomic mass is 10.2.